The Morgan fingerprint density at radius 2 is 1.88 bits per heavy atom. The molecule has 0 radical (unpaired) electrons. The van der Waals surface area contributed by atoms with E-state index < -0.39 is 11.7 Å². The van der Waals surface area contributed by atoms with E-state index >= 15 is 0 Å². The van der Waals surface area contributed by atoms with Gasteiger partial charge in [-0.3, -0.25) is 4.79 Å². The van der Waals surface area contributed by atoms with Crippen molar-refractivity contribution in [2.75, 3.05) is 13.2 Å². The third-order valence-electron chi connectivity index (χ3n) is 5.16. The third-order valence-corrected chi connectivity index (χ3v) is 5.16. The maximum atomic E-state index is 12.9. The summed E-state index contributed by atoms with van der Waals surface area (Å²) in [4.78, 5) is 16.8. The Kier molecular flexibility index (Phi) is 6.26. The summed E-state index contributed by atoms with van der Waals surface area (Å²) in [5.74, 6) is 1.05. The topological polar surface area (TPSA) is 78.3 Å². The van der Waals surface area contributed by atoms with Gasteiger partial charge in [0.25, 0.3) is 5.91 Å². The molecule has 1 aliphatic heterocycles. The lowest BCUT2D eigenvalue weighted by Gasteiger charge is -2.13. The van der Waals surface area contributed by atoms with Gasteiger partial charge in [-0.1, -0.05) is 19.9 Å². The Labute approximate surface area is 188 Å². The van der Waals surface area contributed by atoms with Crippen LogP contribution in [0, 0.1) is 0 Å². The summed E-state index contributed by atoms with van der Waals surface area (Å²) in [5.41, 5.74) is 0.882. The van der Waals surface area contributed by atoms with E-state index in [0.29, 0.717) is 36.0 Å². The van der Waals surface area contributed by atoms with Gasteiger partial charge in [0, 0.05) is 19.2 Å². The monoisotopic (exact) mass is 460 g/mol. The van der Waals surface area contributed by atoms with Crippen molar-refractivity contribution in [1.29, 1.82) is 0 Å². The van der Waals surface area contributed by atoms with Crippen molar-refractivity contribution in [2.45, 2.75) is 38.9 Å². The zero-order valence-corrected chi connectivity index (χ0v) is 18.1. The molecule has 10 heteroatoms. The van der Waals surface area contributed by atoms with E-state index in [1.807, 2.05) is 32.0 Å². The van der Waals surface area contributed by atoms with E-state index in [1.54, 1.807) is 0 Å². The first-order valence-corrected chi connectivity index (χ1v) is 10.5. The fraction of sp³-hybridized carbons (Fsp3) is 0.348. The molecule has 1 N–H and O–H groups in total. The van der Waals surface area contributed by atoms with Crippen LogP contribution in [-0.2, 0) is 12.7 Å². The minimum Gasteiger partial charge on any atom is -0.490 e. The lowest BCUT2D eigenvalue weighted by atomic mass is 10.1. The first-order valence-electron chi connectivity index (χ1n) is 10.5. The van der Waals surface area contributed by atoms with Gasteiger partial charge in [0.05, 0.1) is 36.2 Å². The van der Waals surface area contributed by atoms with Crippen molar-refractivity contribution in [3.63, 3.8) is 0 Å². The molecule has 1 amide bonds. The molecular weight excluding hydrogens is 437 g/mol. The number of alkyl halides is 3. The fourth-order valence-electron chi connectivity index (χ4n) is 3.55. The van der Waals surface area contributed by atoms with Crippen LogP contribution < -0.4 is 14.8 Å². The Morgan fingerprint density at radius 1 is 1.12 bits per heavy atom. The van der Waals surface area contributed by atoms with Crippen LogP contribution in [0.25, 0.3) is 5.82 Å². The van der Waals surface area contributed by atoms with Crippen LogP contribution in [0.4, 0.5) is 13.2 Å². The molecule has 174 valence electrons. The normalized spacial score (nSPS) is 13.6. The third kappa shape index (κ3) is 4.94. The molecule has 0 saturated heterocycles. The number of rotatable bonds is 5. The predicted molar refractivity (Wildman–Crippen MR) is 114 cm³/mol. The smallest absolute Gasteiger partial charge is 0.417 e. The highest BCUT2D eigenvalue weighted by atomic mass is 19.4. The van der Waals surface area contributed by atoms with Crippen LogP contribution in [-0.4, -0.2) is 33.9 Å². The molecule has 33 heavy (non-hydrogen) atoms. The van der Waals surface area contributed by atoms with Gasteiger partial charge < -0.3 is 14.8 Å². The molecule has 1 aromatic carbocycles. The molecular formula is C23H23F3N4O3. The van der Waals surface area contributed by atoms with E-state index in [1.165, 1.54) is 16.9 Å². The van der Waals surface area contributed by atoms with Crippen molar-refractivity contribution in [3.05, 3.63) is 65.1 Å². The number of amides is 1. The molecule has 3 aromatic rings. The lowest BCUT2D eigenvalue weighted by molar-refractivity contribution is -0.137. The average molecular weight is 460 g/mol. The summed E-state index contributed by atoms with van der Waals surface area (Å²) in [5, 5.41) is 7.09. The molecule has 0 aliphatic carbocycles. The number of halogens is 3. The van der Waals surface area contributed by atoms with Crippen molar-refractivity contribution in [3.8, 4) is 17.3 Å². The number of pyridine rings is 1. The maximum absolute atomic E-state index is 12.9. The average Bonchev–Trinajstić information content (AvgIpc) is 3.10. The number of hydrogen-bond donors (Lipinski definition) is 1. The van der Waals surface area contributed by atoms with Crippen LogP contribution in [0.3, 0.4) is 0 Å². The van der Waals surface area contributed by atoms with Gasteiger partial charge in [-0.15, -0.1) is 0 Å². The Bertz CT molecular complexity index is 1140. The second-order valence-corrected chi connectivity index (χ2v) is 7.93. The minimum absolute atomic E-state index is 0.129. The highest BCUT2D eigenvalue weighted by molar-refractivity contribution is 5.95. The lowest BCUT2D eigenvalue weighted by Crippen LogP contribution is -2.24. The van der Waals surface area contributed by atoms with Crippen LogP contribution in [0.5, 0.6) is 11.5 Å². The fourth-order valence-corrected chi connectivity index (χ4v) is 3.55. The van der Waals surface area contributed by atoms with Crippen LogP contribution in [0.2, 0.25) is 0 Å². The van der Waals surface area contributed by atoms with Crippen LogP contribution in [0.15, 0.2) is 42.7 Å². The van der Waals surface area contributed by atoms with E-state index in [0.717, 1.165) is 24.2 Å². The molecule has 0 bridgehead atoms. The molecule has 0 unspecified atom stereocenters. The molecule has 0 saturated carbocycles. The van der Waals surface area contributed by atoms with Gasteiger partial charge in [-0.25, -0.2) is 9.67 Å². The number of ether oxygens (including phenoxy) is 2. The number of carbonyl (C=O) groups excluding carboxylic acids is 1. The maximum Gasteiger partial charge on any atom is 0.417 e. The SMILES string of the molecule is CC(C)c1c(C(=O)NCc2ccc3c(c2)OCCCO3)cnn1-c1ccc(C(F)(F)F)cn1. The molecule has 1 aliphatic rings. The zero-order chi connectivity index (χ0) is 23.6. The minimum atomic E-state index is -4.48. The van der Waals surface area contributed by atoms with E-state index in [9.17, 15) is 18.0 Å². The Balaban J connectivity index is 1.53. The quantitative estimate of drug-likeness (QED) is 0.607. The summed E-state index contributed by atoms with van der Waals surface area (Å²) < 4.78 is 51.2. The summed E-state index contributed by atoms with van der Waals surface area (Å²) in [6.07, 6.45) is -1.52. The van der Waals surface area contributed by atoms with Crippen LogP contribution in [0.1, 0.15) is 53.4 Å². The van der Waals surface area contributed by atoms with Crippen molar-refractivity contribution < 1.29 is 27.4 Å². The standard InChI is InChI=1S/C23H23F3N4O3/c1-14(2)21-17(13-29-30(21)20-7-5-16(12-27-20)23(24,25)26)22(31)28-11-15-4-6-18-19(10-15)33-9-3-8-32-18/h4-7,10,12-14H,3,8-9,11H2,1-2H3,(H,28,31). The van der Waals surface area contributed by atoms with E-state index in [2.05, 4.69) is 15.4 Å². The second kappa shape index (κ2) is 9.13. The molecule has 0 atom stereocenters. The van der Waals surface area contributed by atoms with Gasteiger partial charge in [-0.2, -0.15) is 18.3 Å². The molecule has 4 rings (SSSR count). The number of carbonyl (C=O) groups is 1. The summed E-state index contributed by atoms with van der Waals surface area (Å²) in [7, 11) is 0. The van der Waals surface area contributed by atoms with Gasteiger partial charge in [-0.05, 0) is 35.7 Å². The van der Waals surface area contributed by atoms with Crippen molar-refractivity contribution in [1.82, 2.24) is 20.1 Å². The van der Waals surface area contributed by atoms with Gasteiger partial charge in [0.1, 0.15) is 0 Å². The van der Waals surface area contributed by atoms with E-state index in [-0.39, 0.29) is 24.2 Å². The van der Waals surface area contributed by atoms with Crippen molar-refractivity contribution >= 4 is 5.91 Å². The number of benzene rings is 1. The number of nitrogens with zero attached hydrogens (tertiary/aromatic N) is 3. The highest BCUT2D eigenvalue weighted by Gasteiger charge is 2.31. The van der Waals surface area contributed by atoms with Gasteiger partial charge in [0.15, 0.2) is 17.3 Å². The second-order valence-electron chi connectivity index (χ2n) is 7.93. The van der Waals surface area contributed by atoms with Gasteiger partial charge in [0.2, 0.25) is 0 Å². The number of hydrogen-bond acceptors (Lipinski definition) is 5. The van der Waals surface area contributed by atoms with Crippen LogP contribution >= 0.6 is 0 Å². The van der Waals surface area contributed by atoms with Gasteiger partial charge >= 0.3 is 6.18 Å². The predicted octanol–water partition coefficient (Wildman–Crippen LogP) is 4.50. The first kappa shape index (κ1) is 22.6. The molecule has 0 spiro atoms. The Hall–Kier alpha value is -3.56. The first-order chi connectivity index (χ1) is 15.7. The molecule has 2 aromatic heterocycles. The largest absolute Gasteiger partial charge is 0.490 e. The number of aromatic nitrogens is 3. The van der Waals surface area contributed by atoms with Crippen molar-refractivity contribution in [2.24, 2.45) is 0 Å². The molecule has 3 heterocycles. The zero-order valence-electron chi connectivity index (χ0n) is 18.1. The summed E-state index contributed by atoms with van der Waals surface area (Å²) in [6.45, 7) is 5.17. The number of nitrogens with one attached hydrogen (secondary N) is 1. The summed E-state index contributed by atoms with van der Waals surface area (Å²) in [6, 6.07) is 7.68. The highest BCUT2D eigenvalue weighted by Crippen LogP contribution is 2.31. The molecule has 0 fully saturated rings. The van der Waals surface area contributed by atoms with E-state index in [4.69, 9.17) is 9.47 Å². The summed E-state index contributed by atoms with van der Waals surface area (Å²) >= 11 is 0. The Morgan fingerprint density at radius 3 is 2.55 bits per heavy atom. The number of fused-ring (bicyclic) bond motifs is 1. The molecule has 7 nitrogen and oxygen atoms in total.